The smallest absolute Gasteiger partial charge is 0.232 e. The van der Waals surface area contributed by atoms with Gasteiger partial charge in [0, 0.05) is 53.8 Å². The first-order valence-electron chi connectivity index (χ1n) is 9.47. The van der Waals surface area contributed by atoms with E-state index in [2.05, 4.69) is 22.4 Å². The summed E-state index contributed by atoms with van der Waals surface area (Å²) >= 11 is 0. The molecule has 27 heavy (non-hydrogen) atoms. The van der Waals surface area contributed by atoms with Crippen molar-refractivity contribution in [2.24, 2.45) is 0 Å². The van der Waals surface area contributed by atoms with E-state index in [-0.39, 0.29) is 17.7 Å². The molecular formula is C22H21N3O2. The molecule has 3 heterocycles. The summed E-state index contributed by atoms with van der Waals surface area (Å²) in [7, 11) is 0. The first kappa shape index (κ1) is 16.1. The second kappa shape index (κ2) is 6.27. The molecule has 0 spiro atoms. The quantitative estimate of drug-likeness (QED) is 0.751. The van der Waals surface area contributed by atoms with Gasteiger partial charge in [0.2, 0.25) is 11.8 Å². The van der Waals surface area contributed by atoms with Gasteiger partial charge in [-0.3, -0.25) is 9.59 Å². The molecule has 3 aromatic rings. The highest BCUT2D eigenvalue weighted by atomic mass is 16.2. The van der Waals surface area contributed by atoms with Gasteiger partial charge in [0.1, 0.15) is 0 Å². The number of anilines is 1. The van der Waals surface area contributed by atoms with Crippen molar-refractivity contribution in [2.45, 2.75) is 31.7 Å². The van der Waals surface area contributed by atoms with Crippen molar-refractivity contribution in [3.8, 4) is 0 Å². The minimum atomic E-state index is -0.224. The highest BCUT2D eigenvalue weighted by Gasteiger charge is 2.31. The number of amides is 2. The largest absolute Gasteiger partial charge is 0.358 e. The van der Waals surface area contributed by atoms with E-state index in [4.69, 9.17) is 0 Å². The summed E-state index contributed by atoms with van der Waals surface area (Å²) in [6.45, 7) is 1.37. The maximum Gasteiger partial charge on any atom is 0.232 e. The summed E-state index contributed by atoms with van der Waals surface area (Å²) in [4.78, 5) is 30.5. The third-order valence-electron chi connectivity index (χ3n) is 5.79. The molecule has 0 bridgehead atoms. The number of aromatic nitrogens is 1. The molecule has 0 radical (unpaired) electrons. The van der Waals surface area contributed by atoms with E-state index >= 15 is 0 Å². The summed E-state index contributed by atoms with van der Waals surface area (Å²) in [5.74, 6) is -0.0942. The third-order valence-corrected chi connectivity index (χ3v) is 5.79. The van der Waals surface area contributed by atoms with Gasteiger partial charge in [0.05, 0.1) is 5.92 Å². The van der Waals surface area contributed by atoms with Crippen LogP contribution in [0.4, 0.5) is 5.69 Å². The Kier molecular flexibility index (Phi) is 3.74. The van der Waals surface area contributed by atoms with Crippen LogP contribution in [0.1, 0.15) is 35.6 Å². The summed E-state index contributed by atoms with van der Waals surface area (Å²) in [5.41, 5.74) is 5.49. The molecule has 2 N–H and O–H groups in total. The van der Waals surface area contributed by atoms with Crippen molar-refractivity contribution >= 4 is 28.4 Å². The second-order valence-electron chi connectivity index (χ2n) is 7.36. The Bertz CT molecular complexity index is 1050. The average Bonchev–Trinajstić information content (AvgIpc) is 3.22. The SMILES string of the molecule is O=C1Nc2ccccc2[C@H]1CCC(=O)N1CCc2[nH]c3ccccc3c2C1. The van der Waals surface area contributed by atoms with E-state index in [1.807, 2.05) is 41.3 Å². The highest BCUT2D eigenvalue weighted by Crippen LogP contribution is 2.35. The topological polar surface area (TPSA) is 65.2 Å². The predicted molar refractivity (Wildman–Crippen MR) is 104 cm³/mol. The number of nitrogens with one attached hydrogen (secondary N) is 2. The lowest BCUT2D eigenvalue weighted by atomic mass is 9.95. The lowest BCUT2D eigenvalue weighted by Gasteiger charge is -2.27. The number of para-hydroxylation sites is 2. The van der Waals surface area contributed by atoms with Crippen molar-refractivity contribution in [3.05, 3.63) is 65.4 Å². The van der Waals surface area contributed by atoms with Gasteiger partial charge in [-0.25, -0.2) is 0 Å². The van der Waals surface area contributed by atoms with E-state index in [0.29, 0.717) is 19.4 Å². The molecule has 0 aliphatic carbocycles. The number of aromatic amines is 1. The van der Waals surface area contributed by atoms with Crippen LogP contribution >= 0.6 is 0 Å². The standard InChI is InChI=1S/C22H21N3O2/c26-21(10-9-16-14-5-1-4-8-19(14)24-22(16)27)25-12-11-20-17(13-25)15-6-2-3-7-18(15)23-20/h1-8,16,23H,9-13H2,(H,24,27)/t16-/m1/s1. The number of nitrogens with zero attached hydrogens (tertiary/aromatic N) is 1. The molecule has 1 aromatic heterocycles. The molecule has 5 rings (SSSR count). The van der Waals surface area contributed by atoms with Crippen LogP contribution in [0.5, 0.6) is 0 Å². The molecule has 1 atom stereocenters. The van der Waals surface area contributed by atoms with Crippen LogP contribution in [0, 0.1) is 0 Å². The Morgan fingerprint density at radius 2 is 1.93 bits per heavy atom. The number of carbonyl (C=O) groups excluding carboxylic acids is 2. The molecule has 2 aromatic carbocycles. The predicted octanol–water partition coefficient (Wildman–Crippen LogP) is 3.57. The van der Waals surface area contributed by atoms with Crippen LogP contribution < -0.4 is 5.32 Å². The molecule has 0 saturated heterocycles. The normalized spacial score (nSPS) is 18.3. The molecular weight excluding hydrogens is 338 g/mol. The number of rotatable bonds is 3. The molecule has 0 unspecified atom stereocenters. The number of hydrogen-bond acceptors (Lipinski definition) is 2. The zero-order valence-corrected chi connectivity index (χ0v) is 15.0. The van der Waals surface area contributed by atoms with Gasteiger partial charge in [-0.1, -0.05) is 36.4 Å². The van der Waals surface area contributed by atoms with Crippen LogP contribution in [0.2, 0.25) is 0 Å². The minimum Gasteiger partial charge on any atom is -0.358 e. The Morgan fingerprint density at radius 3 is 2.85 bits per heavy atom. The summed E-state index contributed by atoms with van der Waals surface area (Å²) in [5, 5.41) is 4.12. The van der Waals surface area contributed by atoms with E-state index in [1.54, 1.807) is 0 Å². The number of fused-ring (bicyclic) bond motifs is 4. The fourth-order valence-electron chi connectivity index (χ4n) is 4.37. The summed E-state index contributed by atoms with van der Waals surface area (Å²) in [6.07, 6.45) is 1.80. The van der Waals surface area contributed by atoms with Crippen LogP contribution in [0.25, 0.3) is 10.9 Å². The van der Waals surface area contributed by atoms with Crippen LogP contribution in [-0.4, -0.2) is 28.2 Å². The molecule has 5 heteroatoms. The van der Waals surface area contributed by atoms with E-state index in [1.165, 1.54) is 16.6 Å². The Balaban J connectivity index is 1.29. The maximum atomic E-state index is 12.8. The Morgan fingerprint density at radius 1 is 1.11 bits per heavy atom. The Labute approximate surface area is 157 Å². The monoisotopic (exact) mass is 359 g/mol. The van der Waals surface area contributed by atoms with Gasteiger partial charge in [-0.2, -0.15) is 0 Å². The molecule has 5 nitrogen and oxygen atoms in total. The Hall–Kier alpha value is -3.08. The average molecular weight is 359 g/mol. The number of carbonyl (C=O) groups is 2. The fraction of sp³-hybridized carbons (Fsp3) is 0.273. The molecule has 2 amide bonds. The number of benzene rings is 2. The minimum absolute atomic E-state index is 0.00144. The third kappa shape index (κ3) is 2.70. The van der Waals surface area contributed by atoms with Gasteiger partial charge in [-0.15, -0.1) is 0 Å². The van der Waals surface area contributed by atoms with Crippen molar-refractivity contribution in [1.29, 1.82) is 0 Å². The molecule has 0 fully saturated rings. The maximum absolute atomic E-state index is 12.8. The molecule has 136 valence electrons. The van der Waals surface area contributed by atoms with Crippen LogP contribution in [0.15, 0.2) is 48.5 Å². The molecule has 0 saturated carbocycles. The second-order valence-corrected chi connectivity index (χ2v) is 7.36. The van der Waals surface area contributed by atoms with Gasteiger partial charge < -0.3 is 15.2 Å². The number of H-pyrrole nitrogens is 1. The zero-order valence-electron chi connectivity index (χ0n) is 15.0. The molecule has 2 aliphatic rings. The molecule has 2 aliphatic heterocycles. The zero-order chi connectivity index (χ0) is 18.4. The lowest BCUT2D eigenvalue weighted by molar-refractivity contribution is -0.132. The fourth-order valence-corrected chi connectivity index (χ4v) is 4.37. The van der Waals surface area contributed by atoms with E-state index in [0.717, 1.165) is 29.7 Å². The van der Waals surface area contributed by atoms with Gasteiger partial charge >= 0.3 is 0 Å². The summed E-state index contributed by atoms with van der Waals surface area (Å²) < 4.78 is 0. The van der Waals surface area contributed by atoms with Crippen molar-refractivity contribution < 1.29 is 9.59 Å². The highest BCUT2D eigenvalue weighted by molar-refractivity contribution is 6.03. The van der Waals surface area contributed by atoms with Crippen molar-refractivity contribution in [3.63, 3.8) is 0 Å². The van der Waals surface area contributed by atoms with Crippen LogP contribution in [0.3, 0.4) is 0 Å². The van der Waals surface area contributed by atoms with Gasteiger partial charge in [0.15, 0.2) is 0 Å². The van der Waals surface area contributed by atoms with E-state index in [9.17, 15) is 9.59 Å². The van der Waals surface area contributed by atoms with E-state index < -0.39 is 0 Å². The van der Waals surface area contributed by atoms with Crippen molar-refractivity contribution in [1.82, 2.24) is 9.88 Å². The van der Waals surface area contributed by atoms with Crippen LogP contribution in [-0.2, 0) is 22.6 Å². The summed E-state index contributed by atoms with van der Waals surface area (Å²) in [6, 6.07) is 16.0. The first-order chi connectivity index (χ1) is 13.2. The van der Waals surface area contributed by atoms with Gasteiger partial charge in [-0.05, 0) is 24.1 Å². The lowest BCUT2D eigenvalue weighted by Crippen LogP contribution is -2.36. The van der Waals surface area contributed by atoms with Gasteiger partial charge in [0.25, 0.3) is 0 Å². The first-order valence-corrected chi connectivity index (χ1v) is 9.47. The number of hydrogen-bond donors (Lipinski definition) is 2. The van der Waals surface area contributed by atoms with Crippen molar-refractivity contribution in [2.75, 3.05) is 11.9 Å².